The maximum Gasteiger partial charge on any atom is 0.155 e. The van der Waals surface area contributed by atoms with E-state index in [0.29, 0.717) is 25.6 Å². The molecule has 0 bridgehead atoms. The highest BCUT2D eigenvalue weighted by Gasteiger charge is 2.32. The lowest BCUT2D eigenvalue weighted by molar-refractivity contribution is 0.0709. The summed E-state index contributed by atoms with van der Waals surface area (Å²) < 4.78 is 18.3. The quantitative estimate of drug-likeness (QED) is 0.379. The van der Waals surface area contributed by atoms with E-state index >= 15 is 0 Å². The van der Waals surface area contributed by atoms with Crippen molar-refractivity contribution in [2.24, 2.45) is 5.10 Å². The zero-order valence-electron chi connectivity index (χ0n) is 23.3. The van der Waals surface area contributed by atoms with Crippen molar-refractivity contribution in [3.05, 3.63) is 77.6 Å². The van der Waals surface area contributed by atoms with Crippen LogP contribution in [0.15, 0.2) is 77.1 Å². The Balaban J connectivity index is 1.27. The van der Waals surface area contributed by atoms with Crippen molar-refractivity contribution >= 4 is 34.3 Å². The predicted molar refractivity (Wildman–Crippen MR) is 158 cm³/mol. The minimum absolute atomic E-state index is 0.226. The second kappa shape index (κ2) is 11.0. The van der Waals surface area contributed by atoms with Gasteiger partial charge in [0.2, 0.25) is 0 Å². The molecule has 3 aliphatic rings. The number of benzene rings is 2. The van der Waals surface area contributed by atoms with Gasteiger partial charge in [-0.1, -0.05) is 6.92 Å². The first kappa shape index (κ1) is 25.9. The fraction of sp³-hybridized carbons (Fsp3) is 0.323. The number of hydrazone groups is 1. The van der Waals surface area contributed by atoms with Crippen molar-refractivity contribution in [3.63, 3.8) is 0 Å². The van der Waals surface area contributed by atoms with Crippen LogP contribution in [0.5, 0.6) is 11.5 Å². The lowest BCUT2D eigenvalue weighted by Crippen LogP contribution is -2.51. The summed E-state index contributed by atoms with van der Waals surface area (Å²) in [6, 6.07) is 10.4. The summed E-state index contributed by atoms with van der Waals surface area (Å²) in [5.74, 6) is 3.08. The summed E-state index contributed by atoms with van der Waals surface area (Å²) in [5.41, 5.74) is 6.07. The Hall–Kier alpha value is -4.37. The third-order valence-corrected chi connectivity index (χ3v) is 7.47. The Morgan fingerprint density at radius 3 is 2.95 bits per heavy atom. The van der Waals surface area contributed by atoms with E-state index in [1.165, 1.54) is 5.57 Å². The van der Waals surface area contributed by atoms with Gasteiger partial charge in [0.15, 0.2) is 5.75 Å². The van der Waals surface area contributed by atoms with E-state index in [4.69, 9.17) is 14.2 Å². The molecule has 0 radical (unpaired) electrons. The predicted octanol–water partition coefficient (Wildman–Crippen LogP) is 6.06. The SMILES string of the molecule is C/C=N\N1C=CC(Oc2ccc(Nc3ncnc4ccc5c(c34)OCC3COCCN53)cc2C)=C/C1=C(\C)CC. The van der Waals surface area contributed by atoms with Gasteiger partial charge in [-0.2, -0.15) is 5.10 Å². The van der Waals surface area contributed by atoms with Crippen molar-refractivity contribution in [2.45, 2.75) is 40.2 Å². The molecule has 206 valence electrons. The molecular formula is C31H34N6O3. The number of nitrogens with zero attached hydrogens (tertiary/aromatic N) is 5. The van der Waals surface area contributed by atoms with E-state index in [-0.39, 0.29) is 6.04 Å². The molecule has 1 N–H and O–H groups in total. The first-order valence-electron chi connectivity index (χ1n) is 13.7. The molecule has 1 aromatic heterocycles. The molecule has 4 heterocycles. The van der Waals surface area contributed by atoms with Crippen molar-refractivity contribution in [2.75, 3.05) is 36.6 Å². The van der Waals surface area contributed by atoms with Crippen LogP contribution >= 0.6 is 0 Å². The summed E-state index contributed by atoms with van der Waals surface area (Å²) in [7, 11) is 0. The molecule has 6 rings (SSSR count). The summed E-state index contributed by atoms with van der Waals surface area (Å²) in [6.07, 6.45) is 10.2. The molecule has 0 amide bonds. The molecule has 1 fully saturated rings. The van der Waals surface area contributed by atoms with Gasteiger partial charge in [-0.15, -0.1) is 0 Å². The highest BCUT2D eigenvalue weighted by atomic mass is 16.5. The van der Waals surface area contributed by atoms with Crippen LogP contribution in [0, 0.1) is 6.92 Å². The summed E-state index contributed by atoms with van der Waals surface area (Å²) in [6.45, 7) is 11.0. The summed E-state index contributed by atoms with van der Waals surface area (Å²) in [4.78, 5) is 11.5. The van der Waals surface area contributed by atoms with E-state index in [1.807, 2.05) is 55.4 Å². The number of aromatic nitrogens is 2. The van der Waals surface area contributed by atoms with Crippen molar-refractivity contribution in [1.29, 1.82) is 0 Å². The Morgan fingerprint density at radius 2 is 2.12 bits per heavy atom. The average Bonchev–Trinajstić information content (AvgIpc) is 2.98. The number of morpholine rings is 1. The van der Waals surface area contributed by atoms with Crippen molar-refractivity contribution in [3.8, 4) is 11.5 Å². The van der Waals surface area contributed by atoms with E-state index in [9.17, 15) is 0 Å². The highest BCUT2D eigenvalue weighted by Crippen LogP contribution is 2.43. The molecular weight excluding hydrogens is 504 g/mol. The zero-order valence-corrected chi connectivity index (χ0v) is 23.3. The molecule has 3 aromatic rings. The average molecular weight is 539 g/mol. The number of allylic oxidation sites excluding steroid dienone is 3. The third-order valence-electron chi connectivity index (χ3n) is 7.47. The largest absolute Gasteiger partial charge is 0.488 e. The molecule has 3 aliphatic heterocycles. The fourth-order valence-electron chi connectivity index (χ4n) is 5.23. The van der Waals surface area contributed by atoms with Crippen molar-refractivity contribution < 1.29 is 14.2 Å². The lowest BCUT2D eigenvalue weighted by atomic mass is 10.1. The number of hydrogen-bond donors (Lipinski definition) is 1. The number of fused-ring (bicyclic) bond motifs is 5. The number of anilines is 3. The standard InChI is InChI=1S/C31H34N6O3/c1-5-20(3)27-16-24(11-12-37(27)34-6-2)40-28-10-7-22(15-21(28)4)35-31-29-25(32-19-33-31)8-9-26-30(29)39-18-23-17-38-14-13-36(23)26/h6-12,15-16,19,23H,5,13-14,17-18H2,1-4H3,(H,32,33,35)/b27-20-,34-6-. The fourth-order valence-corrected chi connectivity index (χ4v) is 5.23. The zero-order chi connectivity index (χ0) is 27.6. The molecule has 9 heteroatoms. The number of hydrogen-bond acceptors (Lipinski definition) is 9. The second-order valence-electron chi connectivity index (χ2n) is 10.1. The van der Waals surface area contributed by atoms with Gasteiger partial charge in [-0.25, -0.2) is 15.0 Å². The maximum atomic E-state index is 6.31. The summed E-state index contributed by atoms with van der Waals surface area (Å²) >= 11 is 0. The Kier molecular flexibility index (Phi) is 7.13. The molecule has 1 saturated heterocycles. The molecule has 1 atom stereocenters. The van der Waals surface area contributed by atoms with Crippen LogP contribution in [0.3, 0.4) is 0 Å². The number of nitrogens with one attached hydrogen (secondary N) is 1. The van der Waals surface area contributed by atoms with Crippen LogP contribution in [0.4, 0.5) is 17.2 Å². The number of rotatable bonds is 6. The van der Waals surface area contributed by atoms with Gasteiger partial charge in [0, 0.05) is 30.7 Å². The Labute approximate surface area is 234 Å². The first-order chi connectivity index (χ1) is 19.6. The molecule has 2 aromatic carbocycles. The minimum Gasteiger partial charge on any atom is -0.488 e. The normalized spacial score (nSPS) is 19.7. The summed E-state index contributed by atoms with van der Waals surface area (Å²) in [5, 5.41) is 10.7. The van der Waals surface area contributed by atoms with Gasteiger partial charge in [-0.05, 0) is 74.7 Å². The monoisotopic (exact) mass is 538 g/mol. The van der Waals surface area contributed by atoms with Crippen LogP contribution < -0.4 is 19.7 Å². The van der Waals surface area contributed by atoms with Gasteiger partial charge in [0.05, 0.1) is 41.5 Å². The van der Waals surface area contributed by atoms with Crippen molar-refractivity contribution in [1.82, 2.24) is 15.0 Å². The molecule has 0 saturated carbocycles. The van der Waals surface area contributed by atoms with Gasteiger partial charge < -0.3 is 24.4 Å². The van der Waals surface area contributed by atoms with Gasteiger partial charge in [0.25, 0.3) is 0 Å². The third kappa shape index (κ3) is 4.88. The van der Waals surface area contributed by atoms with Crippen LogP contribution in [-0.4, -0.2) is 53.6 Å². The van der Waals surface area contributed by atoms with Gasteiger partial charge in [0.1, 0.15) is 30.3 Å². The second-order valence-corrected chi connectivity index (χ2v) is 10.1. The number of aryl methyl sites for hydroxylation is 1. The topological polar surface area (TPSA) is 84.3 Å². The lowest BCUT2D eigenvalue weighted by Gasteiger charge is -2.41. The van der Waals surface area contributed by atoms with E-state index in [1.54, 1.807) is 12.5 Å². The Bertz CT molecular complexity index is 1560. The van der Waals surface area contributed by atoms with E-state index in [0.717, 1.165) is 63.8 Å². The van der Waals surface area contributed by atoms with Gasteiger partial charge >= 0.3 is 0 Å². The van der Waals surface area contributed by atoms with Crippen LogP contribution in [-0.2, 0) is 4.74 Å². The van der Waals surface area contributed by atoms with Crippen LogP contribution in [0.1, 0.15) is 32.8 Å². The minimum atomic E-state index is 0.226. The van der Waals surface area contributed by atoms with E-state index < -0.39 is 0 Å². The number of ether oxygens (including phenoxy) is 3. The first-order valence-corrected chi connectivity index (χ1v) is 13.7. The molecule has 40 heavy (non-hydrogen) atoms. The van der Waals surface area contributed by atoms with E-state index in [2.05, 4.69) is 51.3 Å². The van der Waals surface area contributed by atoms with Crippen LogP contribution in [0.2, 0.25) is 0 Å². The maximum absolute atomic E-state index is 6.31. The highest BCUT2D eigenvalue weighted by molar-refractivity contribution is 6.00. The Morgan fingerprint density at radius 1 is 1.23 bits per heavy atom. The molecule has 1 unspecified atom stereocenters. The van der Waals surface area contributed by atoms with Crippen LogP contribution in [0.25, 0.3) is 10.9 Å². The molecule has 0 spiro atoms. The molecule has 0 aliphatic carbocycles. The molecule has 9 nitrogen and oxygen atoms in total. The smallest absolute Gasteiger partial charge is 0.155 e. The van der Waals surface area contributed by atoms with Gasteiger partial charge in [-0.3, -0.25) is 0 Å².